The maximum Gasteiger partial charge on any atom is 0.433 e. The number of allylic oxidation sites excluding steroid dienone is 2. The van der Waals surface area contributed by atoms with E-state index in [-0.39, 0.29) is 30.2 Å². The van der Waals surface area contributed by atoms with Gasteiger partial charge in [-0.25, -0.2) is 9.80 Å². The van der Waals surface area contributed by atoms with E-state index in [2.05, 4.69) is 0 Å². The number of hydrazine groups is 1. The van der Waals surface area contributed by atoms with Gasteiger partial charge in [-0.05, 0) is 30.7 Å². The molecule has 130 valence electrons. The Balaban J connectivity index is 1.67. The zero-order valence-corrected chi connectivity index (χ0v) is 13.8. The lowest BCUT2D eigenvalue weighted by atomic mass is 9.90. The molecular weight excluding hydrogens is 326 g/mol. The predicted octanol–water partition coefficient (Wildman–Crippen LogP) is 2.77. The highest BCUT2D eigenvalue weighted by atomic mass is 16.6. The van der Waals surface area contributed by atoms with E-state index >= 15 is 0 Å². The molecule has 0 saturated carbocycles. The third kappa shape index (κ3) is 3.10. The zero-order chi connectivity index (χ0) is 18.1. The second-order valence-electron chi connectivity index (χ2n) is 6.01. The van der Waals surface area contributed by atoms with E-state index in [0.29, 0.717) is 5.56 Å². The molecule has 0 aromatic heterocycles. The molecule has 0 N–H and O–H groups in total. The van der Waals surface area contributed by atoms with Gasteiger partial charge in [0.05, 0.1) is 16.9 Å². The van der Waals surface area contributed by atoms with E-state index in [1.54, 1.807) is 6.08 Å². The summed E-state index contributed by atoms with van der Waals surface area (Å²) < 4.78 is 5.24. The number of hydrogen-bond acceptors (Lipinski definition) is 5. The topological polar surface area (TPSA) is 93.0 Å². The van der Waals surface area contributed by atoms with E-state index in [9.17, 15) is 19.7 Å². The minimum absolute atomic E-state index is 0.0323. The van der Waals surface area contributed by atoms with Crippen LogP contribution >= 0.6 is 0 Å². The number of carbonyl (C=O) groups is 2. The number of hydrogen-bond donors (Lipinski definition) is 0. The van der Waals surface area contributed by atoms with Gasteiger partial charge in [0.25, 0.3) is 5.69 Å². The highest BCUT2D eigenvalue weighted by Crippen LogP contribution is 2.32. The first kappa shape index (κ1) is 16.7. The number of β-lactam (4-membered cyclic amide) rings is 1. The molecule has 0 aliphatic carbocycles. The Morgan fingerprint density at radius 3 is 2.64 bits per heavy atom. The van der Waals surface area contributed by atoms with Gasteiger partial charge >= 0.3 is 6.09 Å². The van der Waals surface area contributed by atoms with Crippen molar-refractivity contribution in [2.45, 2.75) is 26.5 Å². The zero-order valence-electron chi connectivity index (χ0n) is 13.8. The van der Waals surface area contributed by atoms with Gasteiger partial charge in [-0.1, -0.05) is 18.6 Å². The summed E-state index contributed by atoms with van der Waals surface area (Å²) >= 11 is 0. The van der Waals surface area contributed by atoms with Gasteiger partial charge < -0.3 is 4.74 Å². The summed E-state index contributed by atoms with van der Waals surface area (Å²) in [6, 6.07) is 5.57. The van der Waals surface area contributed by atoms with Crippen LogP contribution in [0.5, 0.6) is 0 Å². The fraction of sp³-hybridized carbons (Fsp3) is 0.294. The van der Waals surface area contributed by atoms with Crippen molar-refractivity contribution in [1.82, 2.24) is 10.0 Å². The number of fused-ring (bicyclic) bond motifs is 1. The molecule has 0 unspecified atom stereocenters. The maximum absolute atomic E-state index is 12.4. The third-order valence-electron chi connectivity index (χ3n) is 4.25. The third-order valence-corrected chi connectivity index (χ3v) is 4.25. The summed E-state index contributed by atoms with van der Waals surface area (Å²) in [4.78, 5) is 34.6. The molecule has 0 radical (unpaired) electrons. The number of nitrogens with zero attached hydrogens (tertiary/aromatic N) is 3. The highest BCUT2D eigenvalue weighted by molar-refractivity contribution is 5.88. The van der Waals surface area contributed by atoms with Crippen molar-refractivity contribution in [2.24, 2.45) is 5.92 Å². The summed E-state index contributed by atoms with van der Waals surface area (Å²) in [5.41, 5.74) is 1.54. The second-order valence-corrected chi connectivity index (χ2v) is 6.01. The smallest absolute Gasteiger partial charge is 0.433 e. The Bertz CT molecular complexity index is 784. The normalized spacial score (nSPS) is 21.8. The van der Waals surface area contributed by atoms with E-state index in [1.807, 2.05) is 19.9 Å². The monoisotopic (exact) mass is 343 g/mol. The van der Waals surface area contributed by atoms with Crippen LogP contribution in [0.25, 0.3) is 0 Å². The number of rotatable bonds is 3. The van der Waals surface area contributed by atoms with Crippen molar-refractivity contribution in [3.8, 4) is 0 Å². The molecule has 2 heterocycles. The lowest BCUT2D eigenvalue weighted by Crippen LogP contribution is -2.65. The van der Waals surface area contributed by atoms with E-state index in [4.69, 9.17) is 4.74 Å². The first-order valence-electron chi connectivity index (χ1n) is 7.77. The highest BCUT2D eigenvalue weighted by Gasteiger charge is 2.48. The number of nitro benzene ring substituents is 1. The van der Waals surface area contributed by atoms with Crippen molar-refractivity contribution in [1.29, 1.82) is 0 Å². The van der Waals surface area contributed by atoms with Gasteiger partial charge in [0, 0.05) is 18.3 Å². The molecule has 8 nitrogen and oxygen atoms in total. The molecular formula is C17H17N3O5. The molecule has 1 saturated heterocycles. The standard InChI is InChI=1S/C17H17N3O5/c1-11-7-8-18(19-15(9-11)12(2)16(19)21)17(22)25-10-13-3-5-14(6-4-13)20(23)24/h3-9,12,15H,10H2,1-2H3/t12-,15+/m1/s1. The Kier molecular flexibility index (Phi) is 4.26. The van der Waals surface area contributed by atoms with Crippen molar-refractivity contribution < 1.29 is 19.2 Å². The van der Waals surface area contributed by atoms with Gasteiger partial charge in [-0.15, -0.1) is 0 Å². The molecule has 2 aliphatic heterocycles. The van der Waals surface area contributed by atoms with Crippen LogP contribution in [0.2, 0.25) is 0 Å². The van der Waals surface area contributed by atoms with Gasteiger partial charge in [-0.3, -0.25) is 14.9 Å². The van der Waals surface area contributed by atoms with Crippen LogP contribution in [0.1, 0.15) is 19.4 Å². The van der Waals surface area contributed by atoms with Crippen molar-refractivity contribution in [2.75, 3.05) is 0 Å². The quantitative estimate of drug-likeness (QED) is 0.478. The van der Waals surface area contributed by atoms with Crippen LogP contribution in [-0.2, 0) is 16.1 Å². The average molecular weight is 343 g/mol. The number of amides is 2. The van der Waals surface area contributed by atoms with E-state index in [1.165, 1.54) is 40.5 Å². The largest absolute Gasteiger partial charge is 0.443 e. The Morgan fingerprint density at radius 2 is 2.00 bits per heavy atom. The van der Waals surface area contributed by atoms with Crippen molar-refractivity contribution in [3.63, 3.8) is 0 Å². The van der Waals surface area contributed by atoms with Crippen molar-refractivity contribution >= 4 is 17.7 Å². The number of benzene rings is 1. The first-order chi connectivity index (χ1) is 11.9. The van der Waals surface area contributed by atoms with Crippen LogP contribution in [-0.4, -0.2) is 33.0 Å². The molecule has 2 amide bonds. The number of ether oxygens (including phenoxy) is 1. The first-order valence-corrected chi connectivity index (χ1v) is 7.77. The summed E-state index contributed by atoms with van der Waals surface area (Å²) in [6.07, 6.45) is 4.51. The molecule has 0 spiro atoms. The Morgan fingerprint density at radius 1 is 1.32 bits per heavy atom. The fourth-order valence-electron chi connectivity index (χ4n) is 2.75. The number of non-ortho nitro benzene ring substituents is 1. The molecule has 1 aromatic carbocycles. The Labute approximate surface area is 144 Å². The molecule has 1 aromatic rings. The van der Waals surface area contributed by atoms with Gasteiger partial charge in [0.15, 0.2) is 0 Å². The van der Waals surface area contributed by atoms with Gasteiger partial charge in [-0.2, -0.15) is 5.01 Å². The average Bonchev–Trinajstić information content (AvgIpc) is 2.76. The van der Waals surface area contributed by atoms with E-state index in [0.717, 1.165) is 5.57 Å². The van der Waals surface area contributed by atoms with Crippen LogP contribution < -0.4 is 0 Å². The SMILES string of the molecule is CC1=C[C@H]2[C@@H](C)C(=O)N2N(C(=O)OCc2ccc([N+](=O)[O-])cc2)C=C1. The van der Waals surface area contributed by atoms with E-state index < -0.39 is 11.0 Å². The van der Waals surface area contributed by atoms with Crippen LogP contribution in [0.4, 0.5) is 10.5 Å². The van der Waals surface area contributed by atoms with Crippen molar-refractivity contribution in [3.05, 3.63) is 63.9 Å². The molecule has 0 bridgehead atoms. The fourth-order valence-corrected chi connectivity index (χ4v) is 2.75. The van der Waals surface area contributed by atoms with Gasteiger partial charge in [0.2, 0.25) is 5.91 Å². The predicted molar refractivity (Wildman–Crippen MR) is 87.8 cm³/mol. The minimum atomic E-state index is -0.678. The molecule has 1 fully saturated rings. The van der Waals surface area contributed by atoms with Crippen LogP contribution in [0.3, 0.4) is 0 Å². The summed E-state index contributed by atoms with van der Waals surface area (Å²) in [6.45, 7) is 3.67. The second kappa shape index (κ2) is 6.39. The molecule has 25 heavy (non-hydrogen) atoms. The summed E-state index contributed by atoms with van der Waals surface area (Å²) in [5.74, 6) is -0.326. The van der Waals surface area contributed by atoms with Crippen LogP contribution in [0, 0.1) is 16.0 Å². The minimum Gasteiger partial charge on any atom is -0.443 e. The molecule has 2 aliphatic rings. The van der Waals surface area contributed by atoms with Gasteiger partial charge in [0.1, 0.15) is 6.61 Å². The summed E-state index contributed by atoms with van der Waals surface area (Å²) in [7, 11) is 0. The Hall–Kier alpha value is -3.16. The molecule has 2 atom stereocenters. The lowest BCUT2D eigenvalue weighted by molar-refractivity contribution is -0.384. The molecule has 8 heteroatoms. The number of nitro groups is 1. The lowest BCUT2D eigenvalue weighted by Gasteiger charge is -2.47. The van der Waals surface area contributed by atoms with Crippen LogP contribution in [0.15, 0.2) is 48.2 Å². The summed E-state index contributed by atoms with van der Waals surface area (Å²) in [5, 5.41) is 13.2. The molecule has 3 rings (SSSR count). The maximum atomic E-state index is 12.4. The number of carbonyl (C=O) groups excluding carboxylic acids is 2.